The molecule has 0 saturated carbocycles. The predicted octanol–water partition coefficient (Wildman–Crippen LogP) is 2.03. The first-order chi connectivity index (χ1) is 14.8. The van der Waals surface area contributed by atoms with Crippen molar-refractivity contribution in [2.75, 3.05) is 27.4 Å². The van der Waals surface area contributed by atoms with Crippen LogP contribution in [0, 0.1) is 10.1 Å². The molecule has 2 aromatic rings. The predicted molar refractivity (Wildman–Crippen MR) is 109 cm³/mol. The zero-order valence-electron chi connectivity index (χ0n) is 16.8. The van der Waals surface area contributed by atoms with Gasteiger partial charge < -0.3 is 24.6 Å². The lowest BCUT2D eigenvalue weighted by molar-refractivity contribution is -0.384. The number of nitro groups is 1. The molecule has 1 fully saturated rings. The van der Waals surface area contributed by atoms with Crippen LogP contribution < -0.4 is 9.47 Å². The Morgan fingerprint density at radius 1 is 1.13 bits per heavy atom. The van der Waals surface area contributed by atoms with E-state index in [0.717, 1.165) is 4.90 Å². The van der Waals surface area contributed by atoms with Gasteiger partial charge in [0.05, 0.1) is 37.4 Å². The molecule has 1 aliphatic rings. The number of benzene rings is 2. The van der Waals surface area contributed by atoms with Crippen LogP contribution in [0.2, 0.25) is 0 Å². The molecule has 0 spiro atoms. The summed E-state index contributed by atoms with van der Waals surface area (Å²) in [5, 5.41) is 31.2. The Bertz CT molecular complexity index is 1060. The van der Waals surface area contributed by atoms with Gasteiger partial charge in [-0.2, -0.15) is 0 Å². The smallest absolute Gasteiger partial charge is 0.295 e. The van der Waals surface area contributed by atoms with Gasteiger partial charge in [0.25, 0.3) is 17.4 Å². The van der Waals surface area contributed by atoms with Crippen LogP contribution in [0.3, 0.4) is 0 Å². The number of ketones is 1. The number of β-amino-alcohol motifs (C(OH)–C–C–N with tert-alkyl or cyclic N) is 1. The van der Waals surface area contributed by atoms with Crippen LogP contribution in [0.25, 0.3) is 5.76 Å². The summed E-state index contributed by atoms with van der Waals surface area (Å²) in [4.78, 5) is 36.9. The van der Waals surface area contributed by atoms with Crippen molar-refractivity contribution in [1.82, 2.24) is 4.90 Å². The molecule has 10 nitrogen and oxygen atoms in total. The van der Waals surface area contributed by atoms with Crippen molar-refractivity contribution in [3.05, 3.63) is 69.3 Å². The molecular weight excluding hydrogens is 408 g/mol. The van der Waals surface area contributed by atoms with Crippen molar-refractivity contribution < 1.29 is 34.2 Å². The SMILES string of the molecule is COc1ccc([C@@H]2/C(=C(\O)c3ccc([N+](=O)[O-])cc3)C(=O)C(=O)N2CCO)c(OC)c1. The molecule has 2 aromatic carbocycles. The zero-order valence-corrected chi connectivity index (χ0v) is 16.8. The number of carbonyl (C=O) groups excluding carboxylic acids is 2. The van der Waals surface area contributed by atoms with E-state index in [4.69, 9.17) is 9.47 Å². The molecule has 0 bridgehead atoms. The molecule has 1 atom stereocenters. The molecule has 1 amide bonds. The molecule has 162 valence electrons. The zero-order chi connectivity index (χ0) is 22.7. The third-order valence-electron chi connectivity index (χ3n) is 4.97. The highest BCUT2D eigenvalue weighted by Crippen LogP contribution is 2.43. The van der Waals surface area contributed by atoms with Crippen molar-refractivity contribution in [2.24, 2.45) is 0 Å². The number of Topliss-reactive ketones (excluding diaryl/α,β-unsaturated/α-hetero) is 1. The molecule has 3 rings (SSSR count). The third kappa shape index (κ3) is 3.92. The van der Waals surface area contributed by atoms with E-state index >= 15 is 0 Å². The van der Waals surface area contributed by atoms with Crippen LogP contribution in [-0.4, -0.2) is 59.1 Å². The number of methoxy groups -OCH3 is 2. The van der Waals surface area contributed by atoms with E-state index in [1.807, 2.05) is 0 Å². The number of nitro benzene ring substituents is 1. The largest absolute Gasteiger partial charge is 0.507 e. The Balaban J connectivity index is 2.21. The van der Waals surface area contributed by atoms with Gasteiger partial charge in [0.1, 0.15) is 17.3 Å². The summed E-state index contributed by atoms with van der Waals surface area (Å²) >= 11 is 0. The quantitative estimate of drug-likeness (QED) is 0.224. The first kappa shape index (κ1) is 21.8. The molecule has 1 saturated heterocycles. The summed E-state index contributed by atoms with van der Waals surface area (Å²) in [5.74, 6) is -1.53. The molecule has 0 aliphatic carbocycles. The van der Waals surface area contributed by atoms with Crippen LogP contribution in [0.15, 0.2) is 48.0 Å². The second kappa shape index (κ2) is 8.84. The normalized spacial score (nSPS) is 17.6. The van der Waals surface area contributed by atoms with Crippen LogP contribution >= 0.6 is 0 Å². The number of aliphatic hydroxyl groups excluding tert-OH is 2. The minimum absolute atomic E-state index is 0.130. The van der Waals surface area contributed by atoms with E-state index in [1.54, 1.807) is 18.2 Å². The van der Waals surface area contributed by atoms with Crippen molar-refractivity contribution in [1.29, 1.82) is 0 Å². The molecule has 10 heteroatoms. The van der Waals surface area contributed by atoms with Gasteiger partial charge in [-0.05, 0) is 24.3 Å². The molecule has 0 aromatic heterocycles. The van der Waals surface area contributed by atoms with Gasteiger partial charge in [0.15, 0.2) is 0 Å². The van der Waals surface area contributed by atoms with Crippen LogP contribution in [0.1, 0.15) is 17.2 Å². The van der Waals surface area contributed by atoms with Gasteiger partial charge in [0, 0.05) is 35.9 Å². The standard InChI is InChI=1S/C21H20N2O8/c1-30-14-7-8-15(16(11-14)31-2)18-17(20(26)21(27)22(18)9-10-24)19(25)12-3-5-13(6-4-12)23(28)29/h3-8,11,18,24-25H,9-10H2,1-2H3/b19-17+/t18-/m1/s1. The number of likely N-dealkylation sites (tertiary alicyclic amines) is 1. The lowest BCUT2D eigenvalue weighted by Crippen LogP contribution is -2.32. The number of ether oxygens (including phenoxy) is 2. The lowest BCUT2D eigenvalue weighted by Gasteiger charge is -2.26. The molecule has 31 heavy (non-hydrogen) atoms. The lowest BCUT2D eigenvalue weighted by atomic mass is 9.94. The highest BCUT2D eigenvalue weighted by Gasteiger charge is 2.46. The van der Waals surface area contributed by atoms with E-state index in [9.17, 15) is 29.9 Å². The maximum Gasteiger partial charge on any atom is 0.295 e. The second-order valence-corrected chi connectivity index (χ2v) is 6.63. The number of rotatable bonds is 7. The number of hydrogen-bond acceptors (Lipinski definition) is 8. The molecule has 0 radical (unpaired) electrons. The molecular formula is C21H20N2O8. The van der Waals surface area contributed by atoms with Crippen LogP contribution in [0.5, 0.6) is 11.5 Å². The Hall–Kier alpha value is -3.92. The summed E-state index contributed by atoms with van der Waals surface area (Å²) in [6.07, 6.45) is 0. The number of nitrogens with zero attached hydrogens (tertiary/aromatic N) is 2. The van der Waals surface area contributed by atoms with E-state index < -0.39 is 35.0 Å². The Morgan fingerprint density at radius 2 is 1.81 bits per heavy atom. The third-order valence-corrected chi connectivity index (χ3v) is 4.97. The number of hydrogen-bond donors (Lipinski definition) is 2. The van der Waals surface area contributed by atoms with Gasteiger partial charge in [-0.3, -0.25) is 19.7 Å². The van der Waals surface area contributed by atoms with Crippen molar-refractivity contribution in [3.63, 3.8) is 0 Å². The first-order valence-electron chi connectivity index (χ1n) is 9.20. The average Bonchev–Trinajstić information content (AvgIpc) is 3.03. The highest BCUT2D eigenvalue weighted by atomic mass is 16.6. The minimum Gasteiger partial charge on any atom is -0.507 e. The fourth-order valence-electron chi connectivity index (χ4n) is 3.48. The van der Waals surface area contributed by atoms with E-state index in [0.29, 0.717) is 17.1 Å². The Morgan fingerprint density at radius 3 is 2.35 bits per heavy atom. The first-order valence-corrected chi connectivity index (χ1v) is 9.20. The maximum atomic E-state index is 12.8. The van der Waals surface area contributed by atoms with E-state index in [1.165, 1.54) is 38.5 Å². The monoisotopic (exact) mass is 428 g/mol. The van der Waals surface area contributed by atoms with Gasteiger partial charge in [-0.15, -0.1) is 0 Å². The summed E-state index contributed by atoms with van der Waals surface area (Å²) in [7, 11) is 2.88. The van der Waals surface area contributed by atoms with Crippen LogP contribution in [-0.2, 0) is 9.59 Å². The fourth-order valence-corrected chi connectivity index (χ4v) is 3.48. The second-order valence-electron chi connectivity index (χ2n) is 6.63. The molecule has 1 heterocycles. The van der Waals surface area contributed by atoms with Crippen molar-refractivity contribution >= 4 is 23.1 Å². The van der Waals surface area contributed by atoms with E-state index in [-0.39, 0.29) is 23.4 Å². The van der Waals surface area contributed by atoms with Gasteiger partial charge in [0.2, 0.25) is 0 Å². The topological polar surface area (TPSA) is 139 Å². The summed E-state index contributed by atoms with van der Waals surface area (Å²) in [6.45, 7) is -0.555. The fraction of sp³-hybridized carbons (Fsp3) is 0.238. The van der Waals surface area contributed by atoms with Gasteiger partial charge in [-0.25, -0.2) is 0 Å². The van der Waals surface area contributed by atoms with Gasteiger partial charge >= 0.3 is 0 Å². The number of non-ortho nitro benzene ring substituents is 1. The number of aliphatic hydroxyl groups is 2. The van der Waals surface area contributed by atoms with Crippen LogP contribution in [0.4, 0.5) is 5.69 Å². The average molecular weight is 428 g/mol. The summed E-state index contributed by atoms with van der Waals surface area (Å²) in [6, 6.07) is 8.68. The van der Waals surface area contributed by atoms with Crippen molar-refractivity contribution in [2.45, 2.75) is 6.04 Å². The summed E-state index contributed by atoms with van der Waals surface area (Å²) in [5.41, 5.74) is 0.130. The summed E-state index contributed by atoms with van der Waals surface area (Å²) < 4.78 is 10.6. The molecule has 1 aliphatic heterocycles. The number of amides is 1. The number of carbonyl (C=O) groups is 2. The Labute approximate surface area is 177 Å². The van der Waals surface area contributed by atoms with Crippen molar-refractivity contribution in [3.8, 4) is 11.5 Å². The van der Waals surface area contributed by atoms with E-state index in [2.05, 4.69) is 0 Å². The molecule has 2 N–H and O–H groups in total. The molecule has 0 unspecified atom stereocenters. The highest BCUT2D eigenvalue weighted by molar-refractivity contribution is 6.46. The maximum absolute atomic E-state index is 12.8. The Kier molecular flexibility index (Phi) is 6.21. The minimum atomic E-state index is -1.04. The van der Waals surface area contributed by atoms with Gasteiger partial charge in [-0.1, -0.05) is 0 Å².